The van der Waals surface area contributed by atoms with E-state index in [2.05, 4.69) is 25.2 Å². The monoisotopic (exact) mass is 290 g/mol. The quantitative estimate of drug-likeness (QED) is 0.795. The maximum atomic E-state index is 13.6. The van der Waals surface area contributed by atoms with Crippen LogP contribution in [0.4, 0.5) is 4.39 Å². The highest BCUT2D eigenvalue weighted by molar-refractivity contribution is 5.29. The lowest BCUT2D eigenvalue weighted by atomic mass is 10.1. The van der Waals surface area contributed by atoms with Gasteiger partial charge in [0.15, 0.2) is 0 Å². The van der Waals surface area contributed by atoms with Gasteiger partial charge in [0, 0.05) is 24.4 Å². The minimum Gasteiger partial charge on any atom is -0.493 e. The van der Waals surface area contributed by atoms with Gasteiger partial charge in [-0.3, -0.25) is 0 Å². The lowest BCUT2D eigenvalue weighted by molar-refractivity contribution is 0.236. The summed E-state index contributed by atoms with van der Waals surface area (Å²) in [6.45, 7) is 6.31. The third-order valence-corrected chi connectivity index (χ3v) is 3.77. The van der Waals surface area contributed by atoms with Crippen molar-refractivity contribution >= 4 is 0 Å². The van der Waals surface area contributed by atoms with Crippen molar-refractivity contribution in [2.24, 2.45) is 11.3 Å². The molecule has 1 aromatic rings. The maximum absolute atomic E-state index is 13.6. The maximum Gasteiger partial charge on any atom is 0.127 e. The van der Waals surface area contributed by atoms with Crippen molar-refractivity contribution in [3.05, 3.63) is 29.6 Å². The largest absolute Gasteiger partial charge is 0.493 e. The Morgan fingerprint density at radius 3 is 2.76 bits per heavy atom. The van der Waals surface area contributed by atoms with Crippen LogP contribution in [-0.4, -0.2) is 13.2 Å². The average Bonchev–Trinajstić information content (AvgIpc) is 3.16. The van der Waals surface area contributed by atoms with E-state index in [9.17, 15) is 4.39 Å². The Bertz CT molecular complexity index is 518. The first-order valence-corrected chi connectivity index (χ1v) is 7.53. The number of hydrogen-bond donors (Lipinski definition) is 1. The molecule has 0 aliphatic heterocycles. The summed E-state index contributed by atoms with van der Waals surface area (Å²) in [7, 11) is 0. The smallest absolute Gasteiger partial charge is 0.127 e. The minimum atomic E-state index is -0.279. The molecule has 0 atom stereocenters. The summed E-state index contributed by atoms with van der Waals surface area (Å²) in [5, 5.41) is 12.1. The molecule has 4 heteroatoms. The summed E-state index contributed by atoms with van der Waals surface area (Å²) in [4.78, 5) is 0. The number of ether oxygens (including phenoxy) is 1. The van der Waals surface area contributed by atoms with Gasteiger partial charge in [-0.15, -0.1) is 0 Å². The van der Waals surface area contributed by atoms with Crippen molar-refractivity contribution in [1.29, 1.82) is 5.26 Å². The lowest BCUT2D eigenvalue weighted by Crippen LogP contribution is -2.19. The molecule has 1 aromatic carbocycles. The third-order valence-electron chi connectivity index (χ3n) is 3.77. The number of halogens is 1. The molecule has 0 bridgehead atoms. The molecular weight excluding hydrogens is 267 g/mol. The van der Waals surface area contributed by atoms with Gasteiger partial charge in [-0.1, -0.05) is 13.8 Å². The first kappa shape index (κ1) is 15.8. The van der Waals surface area contributed by atoms with Gasteiger partial charge in [0.25, 0.3) is 0 Å². The predicted molar refractivity (Wildman–Crippen MR) is 80.3 cm³/mol. The first-order valence-electron chi connectivity index (χ1n) is 7.53. The number of nitrogens with one attached hydrogen (secondary N) is 1. The van der Waals surface area contributed by atoms with Crippen LogP contribution in [-0.2, 0) is 6.54 Å². The summed E-state index contributed by atoms with van der Waals surface area (Å²) in [5.41, 5.74) is 0.896. The van der Waals surface area contributed by atoms with Gasteiger partial charge in [-0.2, -0.15) is 5.26 Å². The van der Waals surface area contributed by atoms with Crippen LogP contribution < -0.4 is 10.1 Å². The van der Waals surface area contributed by atoms with Crippen LogP contribution in [0.25, 0.3) is 0 Å². The van der Waals surface area contributed by atoms with E-state index in [1.807, 2.05) is 6.07 Å². The zero-order valence-electron chi connectivity index (χ0n) is 12.8. The molecule has 0 saturated heterocycles. The summed E-state index contributed by atoms with van der Waals surface area (Å²) in [6, 6.07) is 7.02. The Morgan fingerprint density at radius 1 is 1.38 bits per heavy atom. The van der Waals surface area contributed by atoms with Gasteiger partial charge >= 0.3 is 0 Å². The van der Waals surface area contributed by atoms with Crippen LogP contribution in [0.1, 0.15) is 38.7 Å². The molecule has 0 spiro atoms. The molecule has 3 nitrogen and oxygen atoms in total. The fraction of sp³-hybridized carbons (Fsp3) is 0.588. The second-order valence-corrected chi connectivity index (χ2v) is 6.44. The Labute approximate surface area is 126 Å². The Hall–Kier alpha value is -1.60. The van der Waals surface area contributed by atoms with E-state index in [0.29, 0.717) is 31.2 Å². The third kappa shape index (κ3) is 5.02. The number of benzene rings is 1. The fourth-order valence-corrected chi connectivity index (χ4v) is 2.26. The number of hydrogen-bond acceptors (Lipinski definition) is 3. The normalized spacial score (nSPS) is 15.8. The first-order chi connectivity index (χ1) is 10.0. The predicted octanol–water partition coefficient (Wildman–Crippen LogP) is 3.64. The molecule has 2 rings (SSSR count). The summed E-state index contributed by atoms with van der Waals surface area (Å²) >= 11 is 0. The Kier molecular flexibility index (Phi) is 5.19. The molecule has 0 unspecified atom stereocenters. The van der Waals surface area contributed by atoms with Gasteiger partial charge in [0.1, 0.15) is 11.6 Å². The van der Waals surface area contributed by atoms with E-state index < -0.39 is 0 Å². The molecule has 1 N–H and O–H groups in total. The number of rotatable bonds is 8. The van der Waals surface area contributed by atoms with E-state index in [4.69, 9.17) is 10.00 Å². The zero-order chi connectivity index (χ0) is 15.3. The lowest BCUT2D eigenvalue weighted by Gasteiger charge is -2.14. The van der Waals surface area contributed by atoms with Crippen LogP contribution in [0.3, 0.4) is 0 Å². The summed E-state index contributed by atoms with van der Waals surface area (Å²) in [5.74, 6) is 0.842. The molecule has 0 aromatic heterocycles. The molecular formula is C17H23FN2O. The van der Waals surface area contributed by atoms with Crippen molar-refractivity contribution in [3.8, 4) is 11.8 Å². The molecule has 1 fully saturated rings. The van der Waals surface area contributed by atoms with Crippen molar-refractivity contribution in [2.45, 2.75) is 39.7 Å². The highest BCUT2D eigenvalue weighted by atomic mass is 19.1. The molecule has 0 radical (unpaired) electrons. The average molecular weight is 290 g/mol. The van der Waals surface area contributed by atoms with Gasteiger partial charge in [-0.05, 0) is 43.0 Å². The van der Waals surface area contributed by atoms with E-state index >= 15 is 0 Å². The minimum absolute atomic E-state index is 0.0110. The molecule has 0 heterocycles. The molecule has 1 aliphatic carbocycles. The molecule has 1 aliphatic rings. The van der Waals surface area contributed by atoms with Crippen LogP contribution in [0.15, 0.2) is 18.2 Å². The highest BCUT2D eigenvalue weighted by Crippen LogP contribution is 2.48. The van der Waals surface area contributed by atoms with E-state index in [-0.39, 0.29) is 11.2 Å². The zero-order valence-corrected chi connectivity index (χ0v) is 12.8. The van der Waals surface area contributed by atoms with E-state index in [1.165, 1.54) is 12.1 Å². The van der Waals surface area contributed by atoms with E-state index in [1.54, 1.807) is 0 Å². The fourth-order valence-electron chi connectivity index (χ4n) is 2.26. The highest BCUT2D eigenvalue weighted by Gasteiger charge is 2.43. The van der Waals surface area contributed by atoms with Crippen molar-refractivity contribution < 1.29 is 9.13 Å². The van der Waals surface area contributed by atoms with Crippen LogP contribution in [0.2, 0.25) is 0 Å². The number of nitriles is 1. The summed E-state index contributed by atoms with van der Waals surface area (Å²) < 4.78 is 19.4. The summed E-state index contributed by atoms with van der Waals surface area (Å²) in [6.07, 6.45) is 2.57. The number of nitrogens with zero attached hydrogens (tertiary/aromatic N) is 1. The van der Waals surface area contributed by atoms with Crippen LogP contribution in [0.5, 0.6) is 5.75 Å². The molecule has 0 amide bonds. The molecule has 114 valence electrons. The molecule has 1 saturated carbocycles. The van der Waals surface area contributed by atoms with Crippen molar-refractivity contribution in [1.82, 2.24) is 5.32 Å². The van der Waals surface area contributed by atoms with Crippen molar-refractivity contribution in [2.75, 3.05) is 13.2 Å². The Balaban J connectivity index is 1.91. The second kappa shape index (κ2) is 6.91. The Morgan fingerprint density at radius 2 is 2.14 bits per heavy atom. The van der Waals surface area contributed by atoms with Crippen LogP contribution in [0, 0.1) is 28.5 Å². The standard InChI is InChI=1S/C17H23FN2O/c1-13(2)10-20-11-14-7-15(18)9-16(8-14)21-12-17(3-4-17)5-6-19/h7-9,13,20H,3-5,10-12H2,1-2H3. The van der Waals surface area contributed by atoms with Gasteiger partial charge in [0.05, 0.1) is 12.7 Å². The van der Waals surface area contributed by atoms with Gasteiger partial charge in [-0.25, -0.2) is 4.39 Å². The van der Waals surface area contributed by atoms with Gasteiger partial charge < -0.3 is 10.1 Å². The molecule has 21 heavy (non-hydrogen) atoms. The second-order valence-electron chi connectivity index (χ2n) is 6.44. The van der Waals surface area contributed by atoms with Gasteiger partial charge in [0.2, 0.25) is 0 Å². The van der Waals surface area contributed by atoms with Crippen molar-refractivity contribution in [3.63, 3.8) is 0 Å². The van der Waals surface area contributed by atoms with Crippen LogP contribution >= 0.6 is 0 Å². The topological polar surface area (TPSA) is 45.0 Å². The van der Waals surface area contributed by atoms with E-state index in [0.717, 1.165) is 24.9 Å². The SMILES string of the molecule is CC(C)CNCc1cc(F)cc(OCC2(CC#N)CC2)c1.